The van der Waals surface area contributed by atoms with Gasteiger partial charge in [-0.25, -0.2) is 4.39 Å². The summed E-state index contributed by atoms with van der Waals surface area (Å²) in [5, 5.41) is 2.91. The summed E-state index contributed by atoms with van der Waals surface area (Å²) in [6, 6.07) is 6.12. The molecule has 0 unspecified atom stereocenters. The summed E-state index contributed by atoms with van der Waals surface area (Å²) in [5.74, 6) is 0.320. The van der Waals surface area contributed by atoms with Crippen LogP contribution in [-0.2, 0) is 9.59 Å². The van der Waals surface area contributed by atoms with Gasteiger partial charge in [0.1, 0.15) is 18.2 Å². The SMILES string of the molecule is O=C(NCCOc1ccc(F)cc1)[C@H]1CCC(=O)N(C2CCCCCC2)C1. The lowest BCUT2D eigenvalue weighted by atomic mass is 9.93. The Hall–Kier alpha value is -2.11. The number of carbonyl (C=O) groups is 2. The van der Waals surface area contributed by atoms with Gasteiger partial charge in [0.2, 0.25) is 11.8 Å². The van der Waals surface area contributed by atoms with E-state index in [-0.39, 0.29) is 23.5 Å². The number of nitrogens with one attached hydrogen (secondary N) is 1. The molecule has 1 aliphatic carbocycles. The zero-order chi connectivity index (χ0) is 19.1. The zero-order valence-corrected chi connectivity index (χ0v) is 15.8. The van der Waals surface area contributed by atoms with Crippen molar-refractivity contribution >= 4 is 11.8 Å². The quantitative estimate of drug-likeness (QED) is 0.612. The van der Waals surface area contributed by atoms with Gasteiger partial charge in [0.15, 0.2) is 0 Å². The Morgan fingerprint density at radius 1 is 1.11 bits per heavy atom. The number of piperidine rings is 1. The lowest BCUT2D eigenvalue weighted by Crippen LogP contribution is -2.50. The van der Waals surface area contributed by atoms with Gasteiger partial charge in [0.25, 0.3) is 0 Å². The number of ether oxygens (including phenoxy) is 1. The lowest BCUT2D eigenvalue weighted by molar-refractivity contribution is -0.141. The average Bonchev–Trinajstić information content (AvgIpc) is 2.96. The molecule has 1 N–H and O–H groups in total. The first-order valence-electron chi connectivity index (χ1n) is 10.1. The monoisotopic (exact) mass is 376 g/mol. The lowest BCUT2D eigenvalue weighted by Gasteiger charge is -2.37. The van der Waals surface area contributed by atoms with Crippen molar-refractivity contribution in [1.29, 1.82) is 0 Å². The molecule has 1 saturated heterocycles. The molecular formula is C21H29FN2O3. The fourth-order valence-electron chi connectivity index (χ4n) is 4.03. The summed E-state index contributed by atoms with van der Waals surface area (Å²) >= 11 is 0. The predicted molar refractivity (Wildman–Crippen MR) is 101 cm³/mol. The summed E-state index contributed by atoms with van der Waals surface area (Å²) in [4.78, 5) is 26.8. The summed E-state index contributed by atoms with van der Waals surface area (Å²) in [6.45, 7) is 1.26. The van der Waals surface area contributed by atoms with Crippen LogP contribution in [0.5, 0.6) is 5.75 Å². The van der Waals surface area contributed by atoms with Crippen molar-refractivity contribution in [1.82, 2.24) is 10.2 Å². The first kappa shape index (κ1) is 19.6. The van der Waals surface area contributed by atoms with Gasteiger partial charge in [-0.2, -0.15) is 0 Å². The van der Waals surface area contributed by atoms with E-state index < -0.39 is 0 Å². The van der Waals surface area contributed by atoms with E-state index in [1.54, 1.807) is 12.1 Å². The molecular weight excluding hydrogens is 347 g/mol. The molecule has 0 bridgehead atoms. The van der Waals surface area contributed by atoms with Crippen LogP contribution in [0.1, 0.15) is 51.4 Å². The van der Waals surface area contributed by atoms with Crippen molar-refractivity contribution in [3.8, 4) is 5.75 Å². The standard InChI is InChI=1S/C21H29FN2O3/c22-17-8-10-19(11-9-17)27-14-13-23-21(26)16-7-12-20(25)24(15-16)18-5-3-1-2-4-6-18/h8-11,16,18H,1-7,12-15H2,(H,23,26)/t16-/m0/s1. The van der Waals surface area contributed by atoms with E-state index in [9.17, 15) is 14.0 Å². The number of hydrogen-bond donors (Lipinski definition) is 1. The number of rotatable bonds is 6. The molecule has 1 aromatic carbocycles. The number of carbonyl (C=O) groups excluding carboxylic acids is 2. The van der Waals surface area contributed by atoms with E-state index in [1.807, 2.05) is 4.90 Å². The molecule has 3 rings (SSSR count). The Kier molecular flexibility index (Phi) is 7.07. The Balaban J connectivity index is 1.43. The minimum Gasteiger partial charge on any atom is -0.492 e. The Labute approximate surface area is 160 Å². The third kappa shape index (κ3) is 5.68. The first-order chi connectivity index (χ1) is 13.1. The number of hydrogen-bond acceptors (Lipinski definition) is 3. The van der Waals surface area contributed by atoms with Crippen LogP contribution in [-0.4, -0.2) is 42.5 Å². The van der Waals surface area contributed by atoms with Crippen molar-refractivity contribution < 1.29 is 18.7 Å². The van der Waals surface area contributed by atoms with Gasteiger partial charge >= 0.3 is 0 Å². The van der Waals surface area contributed by atoms with Gasteiger partial charge in [-0.05, 0) is 43.5 Å². The molecule has 0 spiro atoms. The molecule has 1 aromatic rings. The predicted octanol–water partition coefficient (Wildman–Crippen LogP) is 3.28. The topological polar surface area (TPSA) is 58.6 Å². The minimum absolute atomic E-state index is 0.0103. The maximum absolute atomic E-state index is 12.9. The highest BCUT2D eigenvalue weighted by Gasteiger charge is 2.34. The molecule has 2 aliphatic rings. The summed E-state index contributed by atoms with van der Waals surface area (Å²) < 4.78 is 18.4. The van der Waals surface area contributed by atoms with Gasteiger partial charge in [-0.3, -0.25) is 9.59 Å². The minimum atomic E-state index is -0.305. The third-order valence-electron chi connectivity index (χ3n) is 5.56. The van der Waals surface area contributed by atoms with E-state index in [0.717, 1.165) is 12.8 Å². The highest BCUT2D eigenvalue weighted by Crippen LogP contribution is 2.27. The molecule has 6 heteroatoms. The fraction of sp³-hybridized carbons (Fsp3) is 0.619. The smallest absolute Gasteiger partial charge is 0.225 e. The molecule has 2 amide bonds. The molecule has 1 heterocycles. The van der Waals surface area contributed by atoms with E-state index in [2.05, 4.69) is 5.32 Å². The van der Waals surface area contributed by atoms with Gasteiger partial charge < -0.3 is 15.0 Å². The van der Waals surface area contributed by atoms with Crippen molar-refractivity contribution in [2.24, 2.45) is 5.92 Å². The third-order valence-corrected chi connectivity index (χ3v) is 5.56. The summed E-state index contributed by atoms with van der Waals surface area (Å²) in [6.07, 6.45) is 8.04. The van der Waals surface area contributed by atoms with Crippen LogP contribution in [0.2, 0.25) is 0 Å². The van der Waals surface area contributed by atoms with Crippen LogP contribution in [0.4, 0.5) is 4.39 Å². The molecule has 27 heavy (non-hydrogen) atoms. The highest BCUT2D eigenvalue weighted by molar-refractivity contribution is 5.84. The molecule has 1 atom stereocenters. The highest BCUT2D eigenvalue weighted by atomic mass is 19.1. The van der Waals surface area contributed by atoms with Gasteiger partial charge in [-0.1, -0.05) is 25.7 Å². The molecule has 148 valence electrons. The van der Waals surface area contributed by atoms with E-state index in [4.69, 9.17) is 4.74 Å². The van der Waals surface area contributed by atoms with Crippen LogP contribution in [0.3, 0.4) is 0 Å². The van der Waals surface area contributed by atoms with Crippen molar-refractivity contribution in [2.75, 3.05) is 19.7 Å². The maximum Gasteiger partial charge on any atom is 0.225 e. The first-order valence-corrected chi connectivity index (χ1v) is 10.1. The second-order valence-electron chi connectivity index (χ2n) is 7.52. The number of benzene rings is 1. The van der Waals surface area contributed by atoms with Crippen LogP contribution in [0.25, 0.3) is 0 Å². The van der Waals surface area contributed by atoms with Crippen molar-refractivity contribution in [3.05, 3.63) is 30.1 Å². The maximum atomic E-state index is 12.9. The average molecular weight is 376 g/mol. The number of likely N-dealkylation sites (tertiary alicyclic amines) is 1. The summed E-state index contributed by atoms with van der Waals surface area (Å²) in [5.41, 5.74) is 0. The number of amides is 2. The molecule has 0 aromatic heterocycles. The molecule has 1 aliphatic heterocycles. The van der Waals surface area contributed by atoms with Crippen LogP contribution in [0.15, 0.2) is 24.3 Å². The largest absolute Gasteiger partial charge is 0.492 e. The fourth-order valence-corrected chi connectivity index (χ4v) is 4.03. The van der Waals surface area contributed by atoms with E-state index in [0.29, 0.717) is 44.3 Å². The molecule has 0 radical (unpaired) electrons. The molecule has 2 fully saturated rings. The molecule has 1 saturated carbocycles. The van der Waals surface area contributed by atoms with Gasteiger partial charge in [-0.15, -0.1) is 0 Å². The second kappa shape index (κ2) is 9.72. The van der Waals surface area contributed by atoms with Crippen LogP contribution in [0, 0.1) is 11.7 Å². The number of nitrogens with zero attached hydrogens (tertiary/aromatic N) is 1. The Morgan fingerprint density at radius 2 is 1.81 bits per heavy atom. The van der Waals surface area contributed by atoms with Crippen molar-refractivity contribution in [2.45, 2.75) is 57.4 Å². The van der Waals surface area contributed by atoms with Crippen LogP contribution < -0.4 is 10.1 Å². The van der Waals surface area contributed by atoms with Gasteiger partial charge in [0, 0.05) is 19.0 Å². The van der Waals surface area contributed by atoms with E-state index >= 15 is 0 Å². The van der Waals surface area contributed by atoms with E-state index in [1.165, 1.54) is 37.8 Å². The van der Waals surface area contributed by atoms with Crippen LogP contribution >= 0.6 is 0 Å². The Morgan fingerprint density at radius 3 is 2.52 bits per heavy atom. The Bertz CT molecular complexity index is 627. The molecule has 5 nitrogen and oxygen atoms in total. The second-order valence-corrected chi connectivity index (χ2v) is 7.52. The zero-order valence-electron chi connectivity index (χ0n) is 15.8. The number of halogens is 1. The summed E-state index contributed by atoms with van der Waals surface area (Å²) in [7, 11) is 0. The normalized spacial score (nSPS) is 21.6. The van der Waals surface area contributed by atoms with Gasteiger partial charge in [0.05, 0.1) is 12.5 Å². The van der Waals surface area contributed by atoms with Crippen molar-refractivity contribution in [3.63, 3.8) is 0 Å².